The third-order valence-electron chi connectivity index (χ3n) is 3.30. The summed E-state index contributed by atoms with van der Waals surface area (Å²) in [7, 11) is 5.24. The highest BCUT2D eigenvalue weighted by atomic mass is 16.2. The molecular weight excluding hydrogens is 280 g/mol. The van der Waals surface area contributed by atoms with Crippen molar-refractivity contribution in [1.29, 1.82) is 0 Å². The van der Waals surface area contributed by atoms with Gasteiger partial charge in [0.2, 0.25) is 5.91 Å². The first-order valence-electron chi connectivity index (χ1n) is 7.59. The van der Waals surface area contributed by atoms with Crippen molar-refractivity contribution in [3.8, 4) is 0 Å². The van der Waals surface area contributed by atoms with Crippen molar-refractivity contribution in [2.45, 2.75) is 33.2 Å². The van der Waals surface area contributed by atoms with Gasteiger partial charge in [-0.25, -0.2) is 0 Å². The van der Waals surface area contributed by atoms with Crippen LogP contribution < -0.4 is 10.6 Å². The zero-order valence-corrected chi connectivity index (χ0v) is 14.3. The minimum absolute atomic E-state index is 0.104. The Morgan fingerprint density at radius 2 is 2.00 bits per heavy atom. The van der Waals surface area contributed by atoms with Gasteiger partial charge in [0.15, 0.2) is 5.96 Å². The van der Waals surface area contributed by atoms with Gasteiger partial charge in [-0.1, -0.05) is 0 Å². The number of aryl methyl sites for hydroxylation is 3. The molecule has 1 aromatic rings. The molecule has 0 fully saturated rings. The highest BCUT2D eigenvalue weighted by molar-refractivity contribution is 5.81. The van der Waals surface area contributed by atoms with Crippen LogP contribution in [-0.2, 0) is 11.3 Å². The third kappa shape index (κ3) is 6.15. The summed E-state index contributed by atoms with van der Waals surface area (Å²) in [6.07, 6.45) is 1.42. The van der Waals surface area contributed by atoms with Gasteiger partial charge in [0.25, 0.3) is 0 Å². The van der Waals surface area contributed by atoms with Crippen LogP contribution in [0.2, 0.25) is 0 Å². The molecule has 0 aromatic carbocycles. The Kier molecular flexibility index (Phi) is 7.42. The van der Waals surface area contributed by atoms with Crippen molar-refractivity contribution in [2.75, 3.05) is 34.2 Å². The maximum absolute atomic E-state index is 11.5. The molecule has 0 aliphatic carbocycles. The summed E-state index contributed by atoms with van der Waals surface area (Å²) in [5, 5.41) is 10.8. The molecule has 7 nitrogen and oxygen atoms in total. The highest BCUT2D eigenvalue weighted by Crippen LogP contribution is 2.02. The Balaban J connectivity index is 2.21. The molecule has 0 radical (unpaired) electrons. The van der Waals surface area contributed by atoms with E-state index in [1.807, 2.05) is 11.6 Å². The number of guanidine groups is 1. The minimum Gasteiger partial charge on any atom is -0.356 e. The van der Waals surface area contributed by atoms with Gasteiger partial charge in [0.1, 0.15) is 0 Å². The second-order valence-corrected chi connectivity index (χ2v) is 5.47. The van der Waals surface area contributed by atoms with E-state index in [0.717, 1.165) is 31.2 Å². The van der Waals surface area contributed by atoms with Gasteiger partial charge in [-0.05, 0) is 26.3 Å². The number of amides is 1. The van der Waals surface area contributed by atoms with Gasteiger partial charge in [0.05, 0.1) is 5.69 Å². The number of nitrogens with one attached hydrogen (secondary N) is 2. The summed E-state index contributed by atoms with van der Waals surface area (Å²) in [4.78, 5) is 17.2. The fourth-order valence-corrected chi connectivity index (χ4v) is 2.07. The average Bonchev–Trinajstić information content (AvgIpc) is 2.79. The third-order valence-corrected chi connectivity index (χ3v) is 3.30. The molecule has 0 saturated heterocycles. The maximum Gasteiger partial charge on any atom is 0.223 e. The topological polar surface area (TPSA) is 74.5 Å². The molecule has 1 aromatic heterocycles. The van der Waals surface area contributed by atoms with Crippen molar-refractivity contribution in [3.63, 3.8) is 0 Å². The average molecular weight is 308 g/mol. The van der Waals surface area contributed by atoms with Crippen LogP contribution in [-0.4, -0.2) is 60.8 Å². The van der Waals surface area contributed by atoms with Crippen molar-refractivity contribution >= 4 is 11.9 Å². The van der Waals surface area contributed by atoms with Crippen molar-refractivity contribution in [2.24, 2.45) is 4.99 Å². The molecule has 0 aliphatic heterocycles. The number of carbonyl (C=O) groups is 1. The number of aliphatic imine (C=N–C) groups is 1. The van der Waals surface area contributed by atoms with Gasteiger partial charge >= 0.3 is 0 Å². The Bertz CT molecular complexity index is 506. The number of carbonyl (C=O) groups excluding carboxylic acids is 1. The first kappa shape index (κ1) is 18.0. The first-order valence-corrected chi connectivity index (χ1v) is 7.59. The lowest BCUT2D eigenvalue weighted by atomic mass is 10.3. The molecule has 1 heterocycles. The van der Waals surface area contributed by atoms with Gasteiger partial charge in [0, 0.05) is 52.9 Å². The normalized spacial score (nSPS) is 11.4. The van der Waals surface area contributed by atoms with E-state index < -0.39 is 0 Å². The Morgan fingerprint density at radius 1 is 1.32 bits per heavy atom. The van der Waals surface area contributed by atoms with Crippen LogP contribution in [0.4, 0.5) is 0 Å². The van der Waals surface area contributed by atoms with Crippen molar-refractivity contribution < 1.29 is 4.79 Å². The summed E-state index contributed by atoms with van der Waals surface area (Å²) in [5.41, 5.74) is 2.23. The minimum atomic E-state index is 0.104. The van der Waals surface area contributed by atoms with E-state index in [2.05, 4.69) is 33.7 Å². The van der Waals surface area contributed by atoms with Crippen molar-refractivity contribution in [3.05, 3.63) is 17.5 Å². The number of hydrogen-bond acceptors (Lipinski definition) is 3. The lowest BCUT2D eigenvalue weighted by Gasteiger charge is -2.13. The van der Waals surface area contributed by atoms with Gasteiger partial charge in [-0.3, -0.25) is 14.5 Å². The molecule has 0 atom stereocenters. The Hall–Kier alpha value is -2.05. The molecule has 22 heavy (non-hydrogen) atoms. The van der Waals surface area contributed by atoms with Gasteiger partial charge < -0.3 is 15.5 Å². The summed E-state index contributed by atoms with van der Waals surface area (Å²) in [6.45, 7) is 6.33. The molecule has 1 rings (SSSR count). The van der Waals surface area contributed by atoms with Crippen LogP contribution in [0.5, 0.6) is 0 Å². The van der Waals surface area contributed by atoms with Gasteiger partial charge in [-0.2, -0.15) is 5.10 Å². The van der Waals surface area contributed by atoms with E-state index in [4.69, 9.17) is 0 Å². The highest BCUT2D eigenvalue weighted by Gasteiger charge is 2.04. The molecule has 0 unspecified atom stereocenters. The van der Waals surface area contributed by atoms with Crippen LogP contribution in [0.1, 0.15) is 24.2 Å². The lowest BCUT2D eigenvalue weighted by molar-refractivity contribution is -0.128. The summed E-state index contributed by atoms with van der Waals surface area (Å²) >= 11 is 0. The van der Waals surface area contributed by atoms with E-state index in [9.17, 15) is 4.79 Å². The lowest BCUT2D eigenvalue weighted by Crippen LogP contribution is -2.39. The van der Waals surface area contributed by atoms with E-state index in [1.165, 1.54) is 5.69 Å². The molecule has 0 saturated carbocycles. The smallest absolute Gasteiger partial charge is 0.223 e. The molecule has 7 heteroatoms. The molecule has 0 aliphatic rings. The molecule has 1 amide bonds. The van der Waals surface area contributed by atoms with E-state index in [-0.39, 0.29) is 5.91 Å². The van der Waals surface area contributed by atoms with Gasteiger partial charge in [-0.15, -0.1) is 0 Å². The first-order chi connectivity index (χ1) is 10.4. The second kappa shape index (κ2) is 9.07. The number of hydrogen-bond donors (Lipinski definition) is 2. The fraction of sp³-hybridized carbons (Fsp3) is 0.667. The van der Waals surface area contributed by atoms with E-state index >= 15 is 0 Å². The zero-order chi connectivity index (χ0) is 16.5. The van der Waals surface area contributed by atoms with Crippen LogP contribution in [0.25, 0.3) is 0 Å². The standard InChI is InChI=1S/C15H28N6O/c1-12-11-13(2)21(19-12)10-6-8-17-15(16-3)18-9-7-14(22)20(4)5/h11H,6-10H2,1-5H3,(H2,16,17,18). The molecule has 0 spiro atoms. The van der Waals surface area contributed by atoms with Crippen molar-refractivity contribution in [1.82, 2.24) is 25.3 Å². The fourth-order valence-electron chi connectivity index (χ4n) is 2.07. The molecule has 124 valence electrons. The number of nitrogens with zero attached hydrogens (tertiary/aromatic N) is 4. The van der Waals surface area contributed by atoms with Crippen LogP contribution in [0.3, 0.4) is 0 Å². The second-order valence-electron chi connectivity index (χ2n) is 5.47. The zero-order valence-electron chi connectivity index (χ0n) is 14.3. The Labute approximate surface area is 132 Å². The SMILES string of the molecule is CN=C(NCCCn1nc(C)cc1C)NCCC(=O)N(C)C. The molecule has 2 N–H and O–H groups in total. The van der Waals surface area contributed by atoms with Crippen LogP contribution >= 0.6 is 0 Å². The number of rotatable bonds is 7. The summed E-state index contributed by atoms with van der Waals surface area (Å²) < 4.78 is 2.02. The molecule has 0 bridgehead atoms. The summed E-state index contributed by atoms with van der Waals surface area (Å²) in [5.74, 6) is 0.826. The van der Waals surface area contributed by atoms with Crippen LogP contribution in [0.15, 0.2) is 11.1 Å². The quantitative estimate of drug-likeness (QED) is 0.438. The number of aromatic nitrogens is 2. The summed E-state index contributed by atoms with van der Waals surface area (Å²) in [6, 6.07) is 2.08. The Morgan fingerprint density at radius 3 is 2.55 bits per heavy atom. The van der Waals surface area contributed by atoms with E-state index in [1.54, 1.807) is 26.0 Å². The molecular formula is C15H28N6O. The predicted octanol–water partition coefficient (Wildman–Crippen LogP) is 0.533. The monoisotopic (exact) mass is 308 g/mol. The largest absolute Gasteiger partial charge is 0.356 e. The van der Waals surface area contributed by atoms with E-state index in [0.29, 0.717) is 13.0 Å². The maximum atomic E-state index is 11.5. The predicted molar refractivity (Wildman–Crippen MR) is 89.0 cm³/mol. The van der Waals surface area contributed by atoms with Crippen LogP contribution in [0, 0.1) is 13.8 Å².